The van der Waals surface area contributed by atoms with Crippen LogP contribution in [0.15, 0.2) is 90.5 Å². The second-order valence-corrected chi connectivity index (χ2v) is 23.3. The lowest BCUT2D eigenvalue weighted by Gasteiger charge is -2.58. The summed E-state index contributed by atoms with van der Waals surface area (Å²) in [6.45, 7) is 13.7. The quantitative estimate of drug-likeness (QED) is 0.0450. The van der Waals surface area contributed by atoms with Crippen molar-refractivity contribution >= 4 is 6.09 Å². The van der Waals surface area contributed by atoms with Crippen molar-refractivity contribution in [2.45, 2.75) is 194 Å². The lowest BCUT2D eigenvalue weighted by Crippen LogP contribution is -2.51. The maximum Gasteiger partial charge on any atom is 0.407 e. The molecule has 3 aromatic carbocycles. The van der Waals surface area contributed by atoms with Crippen LogP contribution in [0.25, 0.3) is 0 Å². The van der Waals surface area contributed by atoms with Crippen molar-refractivity contribution in [2.75, 3.05) is 27.4 Å². The number of hydrogen-bond acceptors (Lipinski definition) is 6. The van der Waals surface area contributed by atoms with Gasteiger partial charge in [0.1, 0.15) is 23.2 Å². The third-order valence-corrected chi connectivity index (χ3v) is 18.5. The zero-order chi connectivity index (χ0) is 49.6. The number of nitrogens with one attached hydrogen (secondary N) is 1. The highest BCUT2D eigenvalue weighted by Gasteiger charge is 2.59. The standard InChI is InChI=1S/C63H93NO6/c1-46(2)21-20-22-47(3)57-36-37-58-56-35-30-51-45-55(38-41-61(51,4)59(56)39-42-62(57,58)5)70-60(66)64-43-19-14-12-10-8-9-11-13-18-25-52(65)40-44-69-63(48-23-16-15-17-24-48,49-26-31-53(67-6)32-27-49)50-28-33-54(68-7)34-29-50/h15-17,23-24,26-34,46-47,52,55-59,65H,8-14,18-22,25,35-45H2,1-7H3,(H,64,66)/t47-,52?,55+,56+,57-,58+,59+,61+,62-/m1/s1. The monoisotopic (exact) mass is 960 g/mol. The summed E-state index contributed by atoms with van der Waals surface area (Å²) in [5, 5.41) is 14.1. The second-order valence-electron chi connectivity index (χ2n) is 23.3. The molecule has 386 valence electrons. The molecule has 4 aliphatic rings. The van der Waals surface area contributed by atoms with Crippen LogP contribution in [0.4, 0.5) is 4.79 Å². The Labute approximate surface area is 424 Å². The molecule has 7 heteroatoms. The number of ether oxygens (including phenoxy) is 4. The van der Waals surface area contributed by atoms with Crippen LogP contribution < -0.4 is 14.8 Å². The van der Waals surface area contributed by atoms with Crippen LogP contribution >= 0.6 is 0 Å². The molecule has 7 nitrogen and oxygen atoms in total. The van der Waals surface area contributed by atoms with E-state index in [0.29, 0.717) is 25.0 Å². The summed E-state index contributed by atoms with van der Waals surface area (Å²) < 4.78 is 24.0. The minimum Gasteiger partial charge on any atom is -0.497 e. The first-order chi connectivity index (χ1) is 33.9. The van der Waals surface area contributed by atoms with E-state index in [0.717, 1.165) is 115 Å². The number of benzene rings is 3. The van der Waals surface area contributed by atoms with Crippen LogP contribution in [0.2, 0.25) is 0 Å². The molecule has 3 saturated carbocycles. The molecule has 9 atom stereocenters. The SMILES string of the molecule is COc1ccc(C(OCCC(O)CCCCCCCCCCCNC(=O)O[C@H]2CC[C@@]3(C)C(=CC[C@H]4[C@@H]5CC[C@H]([C@H](C)CCCC(C)C)[C@@]5(C)CC[C@@H]43)C2)(c2ccccc2)c2ccc(OC)cc2)cc1. The second kappa shape index (κ2) is 25.7. The van der Waals surface area contributed by atoms with Crippen molar-refractivity contribution in [2.24, 2.45) is 46.3 Å². The fourth-order valence-corrected chi connectivity index (χ4v) is 14.4. The maximum atomic E-state index is 12.9. The van der Waals surface area contributed by atoms with E-state index >= 15 is 0 Å². The van der Waals surface area contributed by atoms with Gasteiger partial charge in [-0.1, -0.05) is 171 Å². The molecule has 1 amide bonds. The summed E-state index contributed by atoms with van der Waals surface area (Å²) in [5.74, 6) is 6.64. The van der Waals surface area contributed by atoms with Crippen LogP contribution in [-0.2, 0) is 15.1 Å². The van der Waals surface area contributed by atoms with Crippen molar-refractivity contribution in [1.82, 2.24) is 5.32 Å². The van der Waals surface area contributed by atoms with E-state index in [1.165, 1.54) is 83.5 Å². The molecule has 7 rings (SSSR count). The van der Waals surface area contributed by atoms with E-state index in [4.69, 9.17) is 18.9 Å². The molecular weight excluding hydrogens is 867 g/mol. The number of aliphatic hydroxyl groups excluding tert-OH is 1. The molecule has 1 unspecified atom stereocenters. The summed E-state index contributed by atoms with van der Waals surface area (Å²) >= 11 is 0. The van der Waals surface area contributed by atoms with Crippen LogP contribution in [-0.4, -0.2) is 50.8 Å². The van der Waals surface area contributed by atoms with Gasteiger partial charge in [0.05, 0.1) is 26.9 Å². The van der Waals surface area contributed by atoms with E-state index < -0.39 is 11.7 Å². The fourth-order valence-electron chi connectivity index (χ4n) is 14.4. The Morgan fingerprint density at radius 1 is 0.686 bits per heavy atom. The molecule has 4 aliphatic carbocycles. The first-order valence-electron chi connectivity index (χ1n) is 28.2. The predicted molar refractivity (Wildman–Crippen MR) is 286 cm³/mol. The average molecular weight is 960 g/mol. The van der Waals surface area contributed by atoms with E-state index in [1.807, 2.05) is 42.5 Å². The van der Waals surface area contributed by atoms with Gasteiger partial charge in [-0.25, -0.2) is 4.79 Å². The number of rotatable bonds is 27. The minimum absolute atomic E-state index is 0.00580. The fraction of sp³-hybridized carbons (Fsp3) is 0.667. The molecule has 3 fully saturated rings. The number of amides is 1. The maximum absolute atomic E-state index is 12.9. The molecule has 0 bridgehead atoms. The first-order valence-corrected chi connectivity index (χ1v) is 28.2. The summed E-state index contributed by atoms with van der Waals surface area (Å²) in [5.41, 5.74) is 4.52. The molecule has 70 heavy (non-hydrogen) atoms. The number of carbonyl (C=O) groups is 1. The number of allylic oxidation sites excluding steroid dienone is 1. The Kier molecular flexibility index (Phi) is 19.8. The highest BCUT2D eigenvalue weighted by Crippen LogP contribution is 2.67. The van der Waals surface area contributed by atoms with Crippen LogP contribution in [0.5, 0.6) is 11.5 Å². The Balaban J connectivity index is 0.743. The third-order valence-electron chi connectivity index (χ3n) is 18.5. The number of hydrogen-bond donors (Lipinski definition) is 2. The molecule has 0 spiro atoms. The van der Waals surface area contributed by atoms with Gasteiger partial charge in [0.2, 0.25) is 0 Å². The molecule has 0 aromatic heterocycles. The minimum atomic E-state index is -0.874. The molecule has 2 N–H and O–H groups in total. The molecular formula is C63H93NO6. The van der Waals surface area contributed by atoms with Crippen molar-refractivity contribution in [3.63, 3.8) is 0 Å². The summed E-state index contributed by atoms with van der Waals surface area (Å²) in [6, 6.07) is 26.5. The molecule has 0 saturated heterocycles. The van der Waals surface area contributed by atoms with Gasteiger partial charge in [0, 0.05) is 13.0 Å². The smallest absolute Gasteiger partial charge is 0.407 e. The Morgan fingerprint density at radius 2 is 1.30 bits per heavy atom. The van der Waals surface area contributed by atoms with Gasteiger partial charge in [-0.2, -0.15) is 0 Å². The number of alkyl carbamates (subject to hydrolysis) is 1. The summed E-state index contributed by atoms with van der Waals surface area (Å²) in [6.07, 6.45) is 27.8. The molecule has 0 radical (unpaired) electrons. The van der Waals surface area contributed by atoms with Crippen molar-refractivity contribution in [3.05, 3.63) is 107 Å². The van der Waals surface area contributed by atoms with Crippen molar-refractivity contribution < 1.29 is 28.8 Å². The lowest BCUT2D eigenvalue weighted by molar-refractivity contribution is -0.0581. The normalized spacial score (nSPS) is 26.1. The number of fused-ring (bicyclic) bond motifs is 5. The largest absolute Gasteiger partial charge is 0.497 e. The van der Waals surface area contributed by atoms with Gasteiger partial charge in [0.15, 0.2) is 0 Å². The van der Waals surface area contributed by atoms with Gasteiger partial charge >= 0.3 is 6.09 Å². The first kappa shape index (κ1) is 54.0. The van der Waals surface area contributed by atoms with Gasteiger partial charge in [-0.05, 0) is 152 Å². The van der Waals surface area contributed by atoms with E-state index in [2.05, 4.69) is 82.4 Å². The van der Waals surface area contributed by atoms with Gasteiger partial charge in [-0.3, -0.25) is 0 Å². The van der Waals surface area contributed by atoms with Crippen LogP contribution in [0.1, 0.15) is 193 Å². The predicted octanol–water partition coefficient (Wildman–Crippen LogP) is 15.8. The Morgan fingerprint density at radius 3 is 1.93 bits per heavy atom. The summed E-state index contributed by atoms with van der Waals surface area (Å²) in [4.78, 5) is 12.9. The van der Waals surface area contributed by atoms with Gasteiger partial charge in [-0.15, -0.1) is 0 Å². The van der Waals surface area contributed by atoms with Crippen LogP contribution in [0, 0.1) is 46.3 Å². The topological polar surface area (TPSA) is 86.2 Å². The average Bonchev–Trinajstić information content (AvgIpc) is 3.73. The highest BCUT2D eigenvalue weighted by molar-refractivity contribution is 5.67. The summed E-state index contributed by atoms with van der Waals surface area (Å²) in [7, 11) is 3.35. The van der Waals surface area contributed by atoms with E-state index in [9.17, 15) is 9.90 Å². The lowest BCUT2D eigenvalue weighted by atomic mass is 9.47. The zero-order valence-corrected chi connectivity index (χ0v) is 44.7. The zero-order valence-electron chi connectivity index (χ0n) is 44.7. The van der Waals surface area contributed by atoms with Crippen molar-refractivity contribution in [1.29, 1.82) is 0 Å². The highest BCUT2D eigenvalue weighted by atomic mass is 16.6. The molecule has 3 aromatic rings. The van der Waals surface area contributed by atoms with Gasteiger partial charge in [0.25, 0.3) is 0 Å². The number of carbonyl (C=O) groups excluding carboxylic acids is 1. The Hall–Kier alpha value is -3.81. The van der Waals surface area contributed by atoms with E-state index in [1.54, 1.807) is 19.8 Å². The van der Waals surface area contributed by atoms with E-state index in [-0.39, 0.29) is 17.6 Å². The Bertz CT molecular complexity index is 2000. The van der Waals surface area contributed by atoms with Crippen LogP contribution in [0.3, 0.4) is 0 Å². The number of unbranched alkanes of at least 4 members (excludes halogenated alkanes) is 8. The van der Waals surface area contributed by atoms with Gasteiger partial charge < -0.3 is 29.4 Å². The molecule has 0 aliphatic heterocycles. The van der Waals surface area contributed by atoms with Crippen molar-refractivity contribution in [3.8, 4) is 11.5 Å². The third kappa shape index (κ3) is 13.0. The molecule has 0 heterocycles. The number of aliphatic hydroxyl groups is 1. The number of methoxy groups -OCH3 is 2.